The first-order valence-electron chi connectivity index (χ1n) is 6.03. The normalized spacial score (nSPS) is 12.7. The number of likely N-dealkylation sites (N-methyl/N-ethyl adjacent to an activating group) is 1. The van der Waals surface area contributed by atoms with Crippen molar-refractivity contribution in [2.45, 2.75) is 19.4 Å². The van der Waals surface area contributed by atoms with Crippen LogP contribution < -0.4 is 5.73 Å². The van der Waals surface area contributed by atoms with Gasteiger partial charge in [-0.3, -0.25) is 4.79 Å². The molecule has 96 valence electrons. The Morgan fingerprint density at radius 1 is 1.39 bits per heavy atom. The van der Waals surface area contributed by atoms with Gasteiger partial charge in [0.05, 0.1) is 6.04 Å². The molecule has 0 saturated carbocycles. The Balaban J connectivity index is 2.32. The Kier molecular flexibility index (Phi) is 3.39. The average Bonchev–Trinajstić information content (AvgIpc) is 2.65. The molecule has 0 spiro atoms. The summed E-state index contributed by atoms with van der Waals surface area (Å²) in [5.74, 6) is -0.0420. The van der Waals surface area contributed by atoms with Gasteiger partial charge in [0, 0.05) is 30.7 Å². The van der Waals surface area contributed by atoms with Crippen LogP contribution in [-0.4, -0.2) is 35.9 Å². The third-order valence-electron chi connectivity index (χ3n) is 3.21. The molecule has 4 nitrogen and oxygen atoms in total. The van der Waals surface area contributed by atoms with E-state index in [1.54, 1.807) is 14.1 Å². The second-order valence-electron chi connectivity index (χ2n) is 4.82. The van der Waals surface area contributed by atoms with E-state index in [4.69, 9.17) is 5.73 Å². The zero-order valence-electron chi connectivity index (χ0n) is 11.0. The fraction of sp³-hybridized carbons (Fsp3) is 0.357. The number of hydrogen-bond donors (Lipinski definition) is 2. The highest BCUT2D eigenvalue weighted by atomic mass is 16.2. The lowest BCUT2D eigenvalue weighted by molar-refractivity contribution is -0.130. The predicted octanol–water partition coefficient (Wildman–Crippen LogP) is 1.43. The van der Waals surface area contributed by atoms with Gasteiger partial charge in [-0.2, -0.15) is 0 Å². The van der Waals surface area contributed by atoms with E-state index in [2.05, 4.69) is 11.1 Å². The minimum atomic E-state index is -0.488. The van der Waals surface area contributed by atoms with Crippen molar-refractivity contribution in [2.75, 3.05) is 14.1 Å². The smallest absolute Gasteiger partial charge is 0.239 e. The van der Waals surface area contributed by atoms with Crippen LogP contribution in [0.1, 0.15) is 11.3 Å². The van der Waals surface area contributed by atoms with Crippen molar-refractivity contribution in [2.24, 2.45) is 5.73 Å². The van der Waals surface area contributed by atoms with Crippen molar-refractivity contribution in [1.29, 1.82) is 0 Å². The van der Waals surface area contributed by atoms with E-state index >= 15 is 0 Å². The Hall–Kier alpha value is -1.81. The van der Waals surface area contributed by atoms with Crippen LogP contribution in [0.2, 0.25) is 0 Å². The molecule has 1 amide bonds. The molecular weight excluding hydrogens is 226 g/mol. The highest BCUT2D eigenvalue weighted by molar-refractivity contribution is 5.87. The van der Waals surface area contributed by atoms with Gasteiger partial charge in [-0.15, -0.1) is 0 Å². The van der Waals surface area contributed by atoms with Crippen LogP contribution in [0.25, 0.3) is 10.9 Å². The summed E-state index contributed by atoms with van der Waals surface area (Å²) >= 11 is 0. The quantitative estimate of drug-likeness (QED) is 0.859. The maximum absolute atomic E-state index is 11.8. The summed E-state index contributed by atoms with van der Waals surface area (Å²) in [5.41, 5.74) is 9.27. The van der Waals surface area contributed by atoms with Gasteiger partial charge in [-0.05, 0) is 25.0 Å². The molecule has 0 aliphatic rings. The minimum absolute atomic E-state index is 0.0420. The van der Waals surface area contributed by atoms with Crippen LogP contribution >= 0.6 is 0 Å². The average molecular weight is 245 g/mol. The van der Waals surface area contributed by atoms with Gasteiger partial charge in [0.25, 0.3) is 0 Å². The molecule has 4 heteroatoms. The van der Waals surface area contributed by atoms with Gasteiger partial charge in [0.15, 0.2) is 0 Å². The molecular formula is C14H19N3O. The number of nitrogens with zero attached hydrogens (tertiary/aromatic N) is 1. The number of nitrogens with two attached hydrogens (primary N) is 1. The van der Waals surface area contributed by atoms with Crippen LogP contribution in [0.15, 0.2) is 24.3 Å². The summed E-state index contributed by atoms with van der Waals surface area (Å²) in [6, 6.07) is 7.59. The number of amides is 1. The maximum Gasteiger partial charge on any atom is 0.239 e. The Labute approximate surface area is 107 Å². The standard InChI is InChI=1S/C14H19N3O/c1-9-11(8-12(15)14(18)17(2)3)10-6-4-5-7-13(10)16-9/h4-7,12,16H,8,15H2,1-3H3. The van der Waals surface area contributed by atoms with E-state index < -0.39 is 6.04 Å². The minimum Gasteiger partial charge on any atom is -0.358 e. The van der Waals surface area contributed by atoms with Gasteiger partial charge in [0.2, 0.25) is 5.91 Å². The highest BCUT2D eigenvalue weighted by Crippen LogP contribution is 2.22. The van der Waals surface area contributed by atoms with E-state index in [1.165, 1.54) is 4.90 Å². The fourth-order valence-electron chi connectivity index (χ4n) is 2.24. The zero-order valence-corrected chi connectivity index (χ0v) is 11.0. The number of carbonyl (C=O) groups excluding carboxylic acids is 1. The summed E-state index contributed by atoms with van der Waals surface area (Å²) in [7, 11) is 3.45. The number of para-hydroxylation sites is 1. The van der Waals surface area contributed by atoms with Crippen LogP contribution in [-0.2, 0) is 11.2 Å². The van der Waals surface area contributed by atoms with E-state index in [0.29, 0.717) is 6.42 Å². The number of aryl methyl sites for hydroxylation is 1. The predicted molar refractivity (Wildman–Crippen MR) is 73.4 cm³/mol. The fourth-order valence-corrected chi connectivity index (χ4v) is 2.24. The molecule has 1 aromatic heterocycles. The molecule has 2 rings (SSSR count). The van der Waals surface area contributed by atoms with Gasteiger partial charge in [0.1, 0.15) is 0 Å². The number of aromatic nitrogens is 1. The topological polar surface area (TPSA) is 62.1 Å². The molecule has 0 aliphatic heterocycles. The molecule has 1 atom stereocenters. The Bertz CT molecular complexity index is 571. The molecule has 3 N–H and O–H groups in total. The first kappa shape index (κ1) is 12.6. The molecule has 0 bridgehead atoms. The number of H-pyrrole nitrogens is 1. The zero-order chi connectivity index (χ0) is 13.3. The number of aromatic amines is 1. The van der Waals surface area contributed by atoms with Crippen LogP contribution in [0.5, 0.6) is 0 Å². The van der Waals surface area contributed by atoms with Crippen molar-refractivity contribution in [3.05, 3.63) is 35.5 Å². The van der Waals surface area contributed by atoms with Crippen LogP contribution in [0.4, 0.5) is 0 Å². The van der Waals surface area contributed by atoms with Crippen LogP contribution in [0, 0.1) is 6.92 Å². The largest absolute Gasteiger partial charge is 0.358 e. The number of nitrogens with one attached hydrogen (secondary N) is 1. The molecule has 0 radical (unpaired) electrons. The lowest BCUT2D eigenvalue weighted by atomic mass is 10.0. The van der Waals surface area contributed by atoms with Gasteiger partial charge < -0.3 is 15.6 Å². The third-order valence-corrected chi connectivity index (χ3v) is 3.21. The number of hydrogen-bond acceptors (Lipinski definition) is 2. The summed E-state index contributed by atoms with van der Waals surface area (Å²) in [6.07, 6.45) is 0.562. The second-order valence-corrected chi connectivity index (χ2v) is 4.82. The van der Waals surface area contributed by atoms with Gasteiger partial charge in [-0.25, -0.2) is 0 Å². The third kappa shape index (κ3) is 2.24. The van der Waals surface area contributed by atoms with Crippen molar-refractivity contribution in [3.8, 4) is 0 Å². The molecule has 0 saturated heterocycles. The molecule has 0 fully saturated rings. The molecule has 2 aromatic rings. The lowest BCUT2D eigenvalue weighted by Gasteiger charge is -2.16. The lowest BCUT2D eigenvalue weighted by Crippen LogP contribution is -2.41. The monoisotopic (exact) mass is 245 g/mol. The first-order chi connectivity index (χ1) is 8.50. The summed E-state index contributed by atoms with van der Waals surface area (Å²) in [5, 5.41) is 1.15. The summed E-state index contributed by atoms with van der Waals surface area (Å²) in [4.78, 5) is 16.7. The number of benzene rings is 1. The van der Waals surface area contributed by atoms with E-state index in [1.807, 2.05) is 25.1 Å². The van der Waals surface area contributed by atoms with Crippen molar-refractivity contribution in [3.63, 3.8) is 0 Å². The number of carbonyl (C=O) groups is 1. The summed E-state index contributed by atoms with van der Waals surface area (Å²) < 4.78 is 0. The second kappa shape index (κ2) is 4.82. The van der Waals surface area contributed by atoms with E-state index in [-0.39, 0.29) is 5.91 Å². The number of fused-ring (bicyclic) bond motifs is 1. The molecule has 1 heterocycles. The van der Waals surface area contributed by atoms with Gasteiger partial charge >= 0.3 is 0 Å². The molecule has 1 aromatic carbocycles. The Morgan fingerprint density at radius 2 is 2.06 bits per heavy atom. The highest BCUT2D eigenvalue weighted by Gasteiger charge is 2.19. The van der Waals surface area contributed by atoms with Crippen LogP contribution in [0.3, 0.4) is 0 Å². The van der Waals surface area contributed by atoms with Crippen molar-refractivity contribution in [1.82, 2.24) is 9.88 Å². The van der Waals surface area contributed by atoms with E-state index in [0.717, 1.165) is 22.2 Å². The van der Waals surface area contributed by atoms with Gasteiger partial charge in [-0.1, -0.05) is 18.2 Å². The SMILES string of the molecule is Cc1[nH]c2ccccc2c1CC(N)C(=O)N(C)C. The molecule has 18 heavy (non-hydrogen) atoms. The maximum atomic E-state index is 11.8. The first-order valence-corrected chi connectivity index (χ1v) is 6.03. The van der Waals surface area contributed by atoms with Crippen molar-refractivity contribution >= 4 is 16.8 Å². The number of rotatable bonds is 3. The molecule has 0 aliphatic carbocycles. The molecule has 1 unspecified atom stereocenters. The van der Waals surface area contributed by atoms with E-state index in [9.17, 15) is 4.79 Å². The van der Waals surface area contributed by atoms with Crippen molar-refractivity contribution < 1.29 is 4.79 Å². The Morgan fingerprint density at radius 3 is 2.72 bits per heavy atom. The summed E-state index contributed by atoms with van der Waals surface area (Å²) in [6.45, 7) is 2.02.